The van der Waals surface area contributed by atoms with Gasteiger partial charge in [-0.3, -0.25) is 4.79 Å². The van der Waals surface area contributed by atoms with Crippen LogP contribution in [-0.4, -0.2) is 29.3 Å². The summed E-state index contributed by atoms with van der Waals surface area (Å²) in [7, 11) is 0. The van der Waals surface area contributed by atoms with Crippen LogP contribution in [0.5, 0.6) is 0 Å². The first-order chi connectivity index (χ1) is 13.2. The average molecular weight is 384 g/mol. The van der Waals surface area contributed by atoms with E-state index >= 15 is 0 Å². The maximum absolute atomic E-state index is 12.8. The van der Waals surface area contributed by atoms with Gasteiger partial charge in [-0.1, -0.05) is 42.5 Å². The molecular weight excluding hydrogens is 356 g/mol. The highest BCUT2D eigenvalue weighted by atomic mass is 16.6. The Morgan fingerprint density at radius 3 is 2.32 bits per heavy atom. The number of esters is 2. The molecule has 0 aliphatic heterocycles. The molecule has 0 saturated carbocycles. The van der Waals surface area contributed by atoms with Crippen molar-refractivity contribution in [3.63, 3.8) is 0 Å². The van der Waals surface area contributed by atoms with Gasteiger partial charge in [0.25, 0.3) is 0 Å². The van der Waals surface area contributed by atoms with E-state index in [0.717, 1.165) is 5.56 Å². The van der Waals surface area contributed by atoms with Crippen LogP contribution in [0, 0.1) is 5.92 Å². The molecule has 0 aliphatic rings. The highest BCUT2D eigenvalue weighted by Crippen LogP contribution is 2.28. The van der Waals surface area contributed by atoms with E-state index in [1.54, 1.807) is 58.0 Å². The number of carbonyl (C=O) groups is 2. The Kier molecular flexibility index (Phi) is 7.35. The Morgan fingerprint density at radius 1 is 1.04 bits per heavy atom. The molecule has 2 rings (SSSR count). The highest BCUT2D eigenvalue weighted by Gasteiger charge is 2.32. The third-order valence-electron chi connectivity index (χ3n) is 4.13. The Hall–Kier alpha value is -2.66. The molecule has 0 radical (unpaired) electrons. The number of benzene rings is 2. The maximum atomic E-state index is 12.8. The number of aliphatic hydroxyl groups excluding tert-OH is 1. The predicted molar refractivity (Wildman–Crippen MR) is 107 cm³/mol. The lowest BCUT2D eigenvalue weighted by molar-refractivity contribution is -0.164. The standard InChI is InChI=1S/C23H28O5/c1-5-27-21(25)18-13-9-10-16(14-18)15-19(22(26)28-23(2,3)4)20(24)17-11-7-6-8-12-17/h6-14,19-20,24H,5,15H2,1-4H3/t19-,20+/m0/s1. The second-order valence-corrected chi connectivity index (χ2v) is 7.62. The molecule has 0 bridgehead atoms. The van der Waals surface area contributed by atoms with Gasteiger partial charge in [0.1, 0.15) is 5.60 Å². The third-order valence-corrected chi connectivity index (χ3v) is 4.13. The lowest BCUT2D eigenvalue weighted by Gasteiger charge is -2.27. The first-order valence-corrected chi connectivity index (χ1v) is 9.43. The maximum Gasteiger partial charge on any atom is 0.338 e. The molecule has 0 spiro atoms. The molecule has 1 N–H and O–H groups in total. The molecule has 0 amide bonds. The van der Waals surface area contributed by atoms with Gasteiger partial charge in [-0.2, -0.15) is 0 Å². The van der Waals surface area contributed by atoms with Crippen molar-refractivity contribution in [3.05, 3.63) is 71.3 Å². The zero-order valence-electron chi connectivity index (χ0n) is 16.8. The van der Waals surface area contributed by atoms with Crippen LogP contribution in [0.3, 0.4) is 0 Å². The van der Waals surface area contributed by atoms with Gasteiger partial charge in [0.05, 0.1) is 24.2 Å². The van der Waals surface area contributed by atoms with Crippen molar-refractivity contribution in [3.8, 4) is 0 Å². The van der Waals surface area contributed by atoms with Crippen molar-refractivity contribution in [2.45, 2.75) is 45.8 Å². The summed E-state index contributed by atoms with van der Waals surface area (Å²) in [5, 5.41) is 10.9. The number of hydrogen-bond acceptors (Lipinski definition) is 5. The average Bonchev–Trinajstić information content (AvgIpc) is 2.65. The van der Waals surface area contributed by atoms with Gasteiger partial charge in [0, 0.05) is 0 Å². The first-order valence-electron chi connectivity index (χ1n) is 9.43. The molecule has 2 atom stereocenters. The SMILES string of the molecule is CCOC(=O)c1cccc(C[C@H](C(=O)OC(C)(C)C)[C@H](O)c2ccccc2)c1. The summed E-state index contributed by atoms with van der Waals surface area (Å²) in [6, 6.07) is 15.9. The fourth-order valence-electron chi connectivity index (χ4n) is 2.88. The fourth-order valence-corrected chi connectivity index (χ4v) is 2.88. The summed E-state index contributed by atoms with van der Waals surface area (Å²) < 4.78 is 10.6. The molecule has 0 heterocycles. The summed E-state index contributed by atoms with van der Waals surface area (Å²) in [5.74, 6) is -1.70. The summed E-state index contributed by atoms with van der Waals surface area (Å²) in [6.45, 7) is 7.40. The molecule has 0 aromatic heterocycles. The molecule has 0 fully saturated rings. The van der Waals surface area contributed by atoms with Crippen LogP contribution in [0.15, 0.2) is 54.6 Å². The number of hydrogen-bond donors (Lipinski definition) is 1. The normalized spacial score (nSPS) is 13.5. The molecule has 150 valence electrons. The topological polar surface area (TPSA) is 72.8 Å². The molecule has 0 saturated heterocycles. The number of rotatable bonds is 7. The molecule has 5 nitrogen and oxygen atoms in total. The summed E-state index contributed by atoms with van der Waals surface area (Å²) in [4.78, 5) is 24.8. The summed E-state index contributed by atoms with van der Waals surface area (Å²) in [6.07, 6.45) is -0.791. The monoisotopic (exact) mass is 384 g/mol. The van der Waals surface area contributed by atoms with Crippen molar-refractivity contribution in [2.75, 3.05) is 6.61 Å². The summed E-state index contributed by atoms with van der Waals surface area (Å²) >= 11 is 0. The molecule has 28 heavy (non-hydrogen) atoms. The predicted octanol–water partition coefficient (Wildman–Crippen LogP) is 4.10. The van der Waals surface area contributed by atoms with Crippen LogP contribution in [0.2, 0.25) is 0 Å². The minimum atomic E-state index is -1.03. The minimum absolute atomic E-state index is 0.234. The van der Waals surface area contributed by atoms with Gasteiger partial charge in [0.15, 0.2) is 0 Å². The lowest BCUT2D eigenvalue weighted by Crippen LogP contribution is -2.33. The smallest absolute Gasteiger partial charge is 0.338 e. The van der Waals surface area contributed by atoms with Gasteiger partial charge in [-0.15, -0.1) is 0 Å². The van der Waals surface area contributed by atoms with Crippen molar-refractivity contribution in [1.29, 1.82) is 0 Å². The zero-order chi connectivity index (χ0) is 20.7. The van der Waals surface area contributed by atoms with Crippen molar-refractivity contribution < 1.29 is 24.2 Å². The van der Waals surface area contributed by atoms with Gasteiger partial charge in [-0.05, 0) is 57.4 Å². The van der Waals surface area contributed by atoms with E-state index in [0.29, 0.717) is 11.1 Å². The molecule has 0 aliphatic carbocycles. The van der Waals surface area contributed by atoms with Gasteiger partial charge >= 0.3 is 11.9 Å². The second kappa shape index (κ2) is 9.51. The summed E-state index contributed by atoms with van der Waals surface area (Å²) in [5.41, 5.74) is 1.13. The van der Waals surface area contributed by atoms with E-state index in [1.165, 1.54) is 0 Å². The van der Waals surface area contributed by atoms with Crippen LogP contribution >= 0.6 is 0 Å². The Labute approximate surface area is 166 Å². The molecular formula is C23H28O5. The van der Waals surface area contributed by atoms with Crippen LogP contribution in [0.25, 0.3) is 0 Å². The fraction of sp³-hybridized carbons (Fsp3) is 0.391. The quantitative estimate of drug-likeness (QED) is 0.728. The van der Waals surface area contributed by atoms with E-state index < -0.39 is 29.6 Å². The van der Waals surface area contributed by atoms with Crippen LogP contribution in [0.1, 0.15) is 55.3 Å². The lowest BCUT2D eigenvalue weighted by atomic mass is 9.89. The van der Waals surface area contributed by atoms with Crippen LogP contribution in [0.4, 0.5) is 0 Å². The van der Waals surface area contributed by atoms with Crippen LogP contribution < -0.4 is 0 Å². The van der Waals surface area contributed by atoms with E-state index in [1.807, 2.05) is 24.3 Å². The Bertz CT molecular complexity index is 792. The van der Waals surface area contributed by atoms with Gasteiger partial charge in [-0.25, -0.2) is 4.79 Å². The van der Waals surface area contributed by atoms with E-state index in [9.17, 15) is 14.7 Å². The molecule has 2 aromatic carbocycles. The Morgan fingerprint density at radius 2 is 1.71 bits per heavy atom. The Balaban J connectivity index is 2.30. The highest BCUT2D eigenvalue weighted by molar-refractivity contribution is 5.89. The molecule has 0 unspecified atom stereocenters. The minimum Gasteiger partial charge on any atom is -0.462 e. The zero-order valence-corrected chi connectivity index (χ0v) is 16.8. The van der Waals surface area contributed by atoms with Crippen LogP contribution in [-0.2, 0) is 20.7 Å². The van der Waals surface area contributed by atoms with Crippen molar-refractivity contribution in [1.82, 2.24) is 0 Å². The van der Waals surface area contributed by atoms with E-state index in [-0.39, 0.29) is 13.0 Å². The first kappa shape index (κ1) is 21.6. The van der Waals surface area contributed by atoms with Gasteiger partial charge in [0.2, 0.25) is 0 Å². The third kappa shape index (κ3) is 6.20. The second-order valence-electron chi connectivity index (χ2n) is 7.62. The number of aliphatic hydroxyl groups is 1. The molecule has 5 heteroatoms. The molecule has 2 aromatic rings. The van der Waals surface area contributed by atoms with E-state index in [4.69, 9.17) is 9.47 Å². The number of carbonyl (C=O) groups excluding carboxylic acids is 2. The van der Waals surface area contributed by atoms with Gasteiger partial charge < -0.3 is 14.6 Å². The van der Waals surface area contributed by atoms with Crippen molar-refractivity contribution >= 4 is 11.9 Å². The number of ether oxygens (including phenoxy) is 2. The van der Waals surface area contributed by atoms with E-state index in [2.05, 4.69) is 0 Å². The largest absolute Gasteiger partial charge is 0.462 e. The van der Waals surface area contributed by atoms with Crippen molar-refractivity contribution in [2.24, 2.45) is 5.92 Å².